The number of alkyl carbamates (subject to hydrolysis) is 1. The zero-order valence-corrected chi connectivity index (χ0v) is 24.2. The molecule has 5 rings (SSSR count). The quantitative estimate of drug-likeness (QED) is 0.250. The van der Waals surface area contributed by atoms with E-state index in [2.05, 4.69) is 30.6 Å². The van der Waals surface area contributed by atoms with Crippen LogP contribution in [0.5, 0.6) is 0 Å². The predicted octanol–water partition coefficient (Wildman–Crippen LogP) is 6.12. The van der Waals surface area contributed by atoms with Crippen LogP contribution in [-0.4, -0.2) is 61.6 Å². The molecule has 4 aromatic rings. The Morgan fingerprint density at radius 2 is 1.98 bits per heavy atom. The molecule has 210 valence electrons. The van der Waals surface area contributed by atoms with Crippen molar-refractivity contribution in [2.24, 2.45) is 0 Å². The summed E-state index contributed by atoms with van der Waals surface area (Å²) in [7, 11) is 0. The molecule has 10 nitrogen and oxygen atoms in total. The molecule has 3 N–H and O–H groups in total. The largest absolute Gasteiger partial charge is 0.444 e. The van der Waals surface area contributed by atoms with Gasteiger partial charge in [0, 0.05) is 29.5 Å². The van der Waals surface area contributed by atoms with Crippen LogP contribution >= 0.6 is 23.2 Å². The Kier molecular flexibility index (Phi) is 7.74. The number of anilines is 1. The fourth-order valence-corrected chi connectivity index (χ4v) is 5.24. The summed E-state index contributed by atoms with van der Waals surface area (Å²) in [4.78, 5) is 44.2. The Morgan fingerprint density at radius 3 is 2.75 bits per heavy atom. The zero-order chi connectivity index (χ0) is 28.6. The van der Waals surface area contributed by atoms with Crippen LogP contribution < -0.4 is 10.6 Å². The van der Waals surface area contributed by atoms with E-state index in [1.54, 1.807) is 43.9 Å². The van der Waals surface area contributed by atoms with Crippen molar-refractivity contribution in [1.82, 2.24) is 30.2 Å². The van der Waals surface area contributed by atoms with Gasteiger partial charge in [0.05, 0.1) is 33.2 Å². The third-order valence-electron chi connectivity index (χ3n) is 6.70. The van der Waals surface area contributed by atoms with Gasteiger partial charge >= 0.3 is 6.09 Å². The molecule has 0 spiro atoms. The lowest BCUT2D eigenvalue weighted by Crippen LogP contribution is -2.44. The number of aromatic amines is 1. The molecular formula is C28H31Cl2N7O3. The van der Waals surface area contributed by atoms with Crippen LogP contribution in [0.2, 0.25) is 10.0 Å². The Bertz CT molecular complexity index is 1580. The van der Waals surface area contributed by atoms with E-state index in [0.29, 0.717) is 45.4 Å². The maximum atomic E-state index is 13.6. The van der Waals surface area contributed by atoms with E-state index in [1.807, 2.05) is 19.1 Å². The van der Waals surface area contributed by atoms with Crippen LogP contribution in [0.4, 0.5) is 10.6 Å². The second-order valence-corrected chi connectivity index (χ2v) is 11.7. The van der Waals surface area contributed by atoms with Crippen LogP contribution in [0.1, 0.15) is 62.8 Å². The smallest absolute Gasteiger partial charge is 0.407 e. The SMILES string of the molecule is C[C@H](Nc1ncnc2cc(C(=O)N3CCC[C@@H]3CNC(=O)OC(C)(C)C)c(Cl)cc12)c1nc2ccc(Cl)cc2[nH]1. The van der Waals surface area contributed by atoms with Crippen molar-refractivity contribution in [3.05, 3.63) is 58.1 Å². The van der Waals surface area contributed by atoms with Crippen molar-refractivity contribution in [2.75, 3.05) is 18.4 Å². The Hall–Kier alpha value is -3.63. The van der Waals surface area contributed by atoms with E-state index in [-0.39, 0.29) is 18.0 Å². The fraction of sp³-hybridized carbons (Fsp3) is 0.393. The standard InChI is InChI=1S/C28H31Cl2N7O3/c1-15(24-35-21-8-7-16(29)10-23(21)36-24)34-25-19-11-20(30)18(12-22(19)32-14-33-25)26(38)37-9-5-6-17(37)13-31-27(39)40-28(2,3)4/h7-8,10-12,14-15,17H,5-6,9,13H2,1-4H3,(H,31,39)(H,35,36)(H,32,33,34)/t15-,17+/m0/s1. The highest BCUT2D eigenvalue weighted by Crippen LogP contribution is 2.31. The molecule has 0 aliphatic carbocycles. The van der Waals surface area contributed by atoms with Gasteiger partial charge in [-0.05, 0) is 70.9 Å². The number of imidazole rings is 1. The molecule has 2 atom stereocenters. The van der Waals surface area contributed by atoms with E-state index in [0.717, 1.165) is 29.7 Å². The van der Waals surface area contributed by atoms with E-state index in [1.165, 1.54) is 6.33 Å². The number of carbonyl (C=O) groups excluding carboxylic acids is 2. The highest BCUT2D eigenvalue weighted by molar-refractivity contribution is 6.35. The Labute approximate surface area is 241 Å². The first-order valence-electron chi connectivity index (χ1n) is 13.1. The number of ether oxygens (including phenoxy) is 1. The van der Waals surface area contributed by atoms with Crippen molar-refractivity contribution < 1.29 is 14.3 Å². The molecule has 2 aromatic carbocycles. The van der Waals surface area contributed by atoms with Crippen molar-refractivity contribution in [3.8, 4) is 0 Å². The molecule has 0 bridgehead atoms. The highest BCUT2D eigenvalue weighted by atomic mass is 35.5. The minimum Gasteiger partial charge on any atom is -0.444 e. The van der Waals surface area contributed by atoms with Crippen LogP contribution in [0.15, 0.2) is 36.7 Å². The maximum Gasteiger partial charge on any atom is 0.407 e. The number of halogens is 2. The van der Waals surface area contributed by atoms with Crippen molar-refractivity contribution in [1.29, 1.82) is 0 Å². The third-order valence-corrected chi connectivity index (χ3v) is 7.25. The summed E-state index contributed by atoms with van der Waals surface area (Å²) in [5.41, 5.74) is 1.99. The molecule has 0 saturated carbocycles. The lowest BCUT2D eigenvalue weighted by Gasteiger charge is -2.26. The monoisotopic (exact) mass is 583 g/mol. The maximum absolute atomic E-state index is 13.6. The van der Waals surface area contributed by atoms with E-state index in [9.17, 15) is 9.59 Å². The first kappa shape index (κ1) is 27.9. The fourth-order valence-electron chi connectivity index (χ4n) is 4.82. The van der Waals surface area contributed by atoms with Gasteiger partial charge in [-0.2, -0.15) is 0 Å². The molecule has 2 amide bonds. The second kappa shape index (κ2) is 11.1. The molecular weight excluding hydrogens is 553 g/mol. The van der Waals surface area contributed by atoms with Crippen molar-refractivity contribution in [3.63, 3.8) is 0 Å². The van der Waals surface area contributed by atoms with Crippen LogP contribution in [-0.2, 0) is 4.74 Å². The highest BCUT2D eigenvalue weighted by Gasteiger charge is 2.31. The predicted molar refractivity (Wildman–Crippen MR) is 156 cm³/mol. The lowest BCUT2D eigenvalue weighted by molar-refractivity contribution is 0.0501. The number of likely N-dealkylation sites (tertiary alicyclic amines) is 1. The number of amides is 2. The number of aromatic nitrogens is 4. The van der Waals surface area contributed by atoms with Gasteiger partial charge in [0.2, 0.25) is 0 Å². The summed E-state index contributed by atoms with van der Waals surface area (Å²) < 4.78 is 5.33. The number of carbonyl (C=O) groups is 2. The van der Waals surface area contributed by atoms with Crippen molar-refractivity contribution >= 4 is 63.0 Å². The number of nitrogens with one attached hydrogen (secondary N) is 3. The molecule has 1 saturated heterocycles. The molecule has 40 heavy (non-hydrogen) atoms. The number of hydrogen-bond donors (Lipinski definition) is 3. The van der Waals surface area contributed by atoms with Gasteiger partial charge in [-0.25, -0.2) is 19.7 Å². The summed E-state index contributed by atoms with van der Waals surface area (Å²) in [6, 6.07) is 8.52. The molecule has 3 heterocycles. The van der Waals surface area contributed by atoms with Crippen LogP contribution in [0, 0.1) is 0 Å². The minimum absolute atomic E-state index is 0.158. The molecule has 2 aromatic heterocycles. The first-order chi connectivity index (χ1) is 19.0. The number of benzene rings is 2. The van der Waals surface area contributed by atoms with Crippen LogP contribution in [0.25, 0.3) is 21.9 Å². The zero-order valence-electron chi connectivity index (χ0n) is 22.7. The Morgan fingerprint density at radius 1 is 1.18 bits per heavy atom. The van der Waals surface area contributed by atoms with Gasteiger partial charge < -0.3 is 25.3 Å². The Balaban J connectivity index is 1.34. The molecule has 0 radical (unpaired) electrons. The topological polar surface area (TPSA) is 125 Å². The normalized spacial score (nSPS) is 16.4. The number of nitrogens with zero attached hydrogens (tertiary/aromatic N) is 4. The summed E-state index contributed by atoms with van der Waals surface area (Å²) in [6.07, 6.45) is 2.55. The van der Waals surface area contributed by atoms with Gasteiger partial charge in [0.15, 0.2) is 0 Å². The minimum atomic E-state index is -0.596. The van der Waals surface area contributed by atoms with Gasteiger partial charge in [-0.3, -0.25) is 4.79 Å². The summed E-state index contributed by atoms with van der Waals surface area (Å²) in [6.45, 7) is 8.25. The number of H-pyrrole nitrogens is 1. The third kappa shape index (κ3) is 6.08. The summed E-state index contributed by atoms with van der Waals surface area (Å²) in [5.74, 6) is 1.09. The van der Waals surface area contributed by atoms with E-state index in [4.69, 9.17) is 27.9 Å². The van der Waals surface area contributed by atoms with Gasteiger partial charge in [-0.1, -0.05) is 23.2 Å². The lowest BCUT2D eigenvalue weighted by atomic mass is 10.1. The molecule has 0 unspecified atom stereocenters. The second-order valence-electron chi connectivity index (χ2n) is 10.9. The molecule has 12 heteroatoms. The molecule has 1 aliphatic rings. The number of fused-ring (bicyclic) bond motifs is 2. The molecule has 1 fully saturated rings. The van der Waals surface area contributed by atoms with Crippen LogP contribution in [0.3, 0.4) is 0 Å². The van der Waals surface area contributed by atoms with Gasteiger partial charge in [0.25, 0.3) is 5.91 Å². The van der Waals surface area contributed by atoms with Crippen molar-refractivity contribution in [2.45, 2.75) is 58.2 Å². The summed E-state index contributed by atoms with van der Waals surface area (Å²) in [5, 5.41) is 7.76. The average Bonchev–Trinajstić information content (AvgIpc) is 3.53. The number of rotatable bonds is 6. The van der Waals surface area contributed by atoms with Gasteiger partial charge in [-0.15, -0.1) is 0 Å². The average molecular weight is 585 g/mol. The van der Waals surface area contributed by atoms with E-state index >= 15 is 0 Å². The summed E-state index contributed by atoms with van der Waals surface area (Å²) >= 11 is 12.8. The first-order valence-corrected chi connectivity index (χ1v) is 13.9. The van der Waals surface area contributed by atoms with Gasteiger partial charge in [0.1, 0.15) is 23.6 Å². The van der Waals surface area contributed by atoms with E-state index < -0.39 is 11.7 Å². The number of hydrogen-bond acceptors (Lipinski definition) is 7. The molecule has 1 aliphatic heterocycles.